The number of hydrogen-bond acceptors (Lipinski definition) is 2. The van der Waals surface area contributed by atoms with Crippen LogP contribution in [0.5, 0.6) is 0 Å². The van der Waals surface area contributed by atoms with Gasteiger partial charge in [-0.2, -0.15) is 0 Å². The number of amidine groups is 1. The van der Waals surface area contributed by atoms with Crippen LogP contribution in [0.15, 0.2) is 58.5 Å². The normalized spacial score (nSPS) is 15.3. The third-order valence-corrected chi connectivity index (χ3v) is 3.55. The minimum atomic E-state index is 0.335. The molecule has 0 bridgehead atoms. The summed E-state index contributed by atoms with van der Waals surface area (Å²) in [5.74, 6) is 3.27. The third-order valence-electron chi connectivity index (χ3n) is 3.31. The highest BCUT2D eigenvalue weighted by molar-refractivity contribution is 6.32. The second kappa shape index (κ2) is 6.46. The number of nitrogens with zero attached hydrogens (tertiary/aromatic N) is 2. The maximum Gasteiger partial charge on any atom is 0.124 e. The van der Waals surface area contributed by atoms with Gasteiger partial charge in [-0.15, -0.1) is 6.42 Å². The van der Waals surface area contributed by atoms with Crippen molar-refractivity contribution in [1.29, 1.82) is 0 Å². The fourth-order valence-electron chi connectivity index (χ4n) is 2.33. The summed E-state index contributed by atoms with van der Waals surface area (Å²) in [6.45, 7) is 0.791. The van der Waals surface area contributed by atoms with Crippen LogP contribution in [-0.4, -0.2) is 24.6 Å². The number of anilines is 1. The molecule has 2 aromatic carbocycles. The second-order valence-electron chi connectivity index (χ2n) is 4.81. The first-order valence-corrected chi connectivity index (χ1v) is 7.29. The molecule has 0 amide bonds. The largest absolute Gasteiger partial charge is 0.342 e. The average Bonchev–Trinajstić information content (AvgIpc) is 2.73. The summed E-state index contributed by atoms with van der Waals surface area (Å²) in [6, 6.07) is 15.7. The number of hydrogen-bond donors (Lipinski definition) is 1. The van der Waals surface area contributed by atoms with Crippen molar-refractivity contribution in [2.75, 3.05) is 18.4 Å². The number of halogens is 1. The van der Waals surface area contributed by atoms with Crippen LogP contribution < -0.4 is 5.32 Å². The van der Waals surface area contributed by atoms with Crippen molar-refractivity contribution in [3.63, 3.8) is 0 Å². The summed E-state index contributed by atoms with van der Waals surface area (Å²) in [6.07, 6.45) is 5.28. The van der Waals surface area contributed by atoms with Crippen molar-refractivity contribution < 1.29 is 0 Å². The number of rotatable bonds is 2. The predicted octanol–water partition coefficient (Wildman–Crippen LogP) is 3.63. The highest BCUT2D eigenvalue weighted by atomic mass is 35.5. The Hall–Kier alpha value is -2.57. The molecule has 0 aromatic heterocycles. The minimum absolute atomic E-state index is 0.335. The van der Waals surface area contributed by atoms with Crippen LogP contribution in [0.4, 0.5) is 5.69 Å². The predicted molar refractivity (Wildman–Crippen MR) is 93.2 cm³/mol. The SMILES string of the molecule is C#CCN=C1CN=C(c2ccccc2)c2cc(Cl)ccc2N1. The number of aliphatic imine (C=N–C) groups is 2. The number of nitrogens with one attached hydrogen (secondary N) is 1. The molecule has 0 aliphatic carbocycles. The summed E-state index contributed by atoms with van der Waals surface area (Å²) >= 11 is 6.16. The molecule has 0 saturated heterocycles. The molecule has 108 valence electrons. The van der Waals surface area contributed by atoms with Crippen LogP contribution in [0.3, 0.4) is 0 Å². The molecule has 0 unspecified atom stereocenters. The van der Waals surface area contributed by atoms with Crippen LogP contribution in [0.25, 0.3) is 0 Å². The molecule has 1 heterocycles. The van der Waals surface area contributed by atoms with Gasteiger partial charge >= 0.3 is 0 Å². The first-order valence-electron chi connectivity index (χ1n) is 6.91. The summed E-state index contributed by atoms with van der Waals surface area (Å²) in [7, 11) is 0. The van der Waals surface area contributed by atoms with Crippen LogP contribution >= 0.6 is 11.6 Å². The lowest BCUT2D eigenvalue weighted by Gasteiger charge is -2.11. The Balaban J connectivity index is 2.12. The Kier molecular flexibility index (Phi) is 4.22. The van der Waals surface area contributed by atoms with Gasteiger partial charge < -0.3 is 5.32 Å². The van der Waals surface area contributed by atoms with Crippen LogP contribution in [0, 0.1) is 12.3 Å². The van der Waals surface area contributed by atoms with Gasteiger partial charge in [0.15, 0.2) is 0 Å². The van der Waals surface area contributed by atoms with E-state index in [1.165, 1.54) is 0 Å². The topological polar surface area (TPSA) is 36.8 Å². The third kappa shape index (κ3) is 3.03. The molecule has 22 heavy (non-hydrogen) atoms. The summed E-state index contributed by atoms with van der Waals surface area (Å²) in [5, 5.41) is 3.98. The number of terminal acetylenes is 1. The standard InChI is InChI=1S/C18H14ClN3/c1-2-10-20-17-12-21-18(13-6-4-3-5-7-13)15-11-14(19)8-9-16(15)22-17/h1,3-9,11H,10,12H2,(H,20,22). The molecule has 1 aliphatic heterocycles. The van der Waals surface area contributed by atoms with Crippen LogP contribution in [0.2, 0.25) is 5.02 Å². The molecular weight excluding hydrogens is 294 g/mol. The number of fused-ring (bicyclic) bond motifs is 1. The van der Waals surface area contributed by atoms with E-state index in [9.17, 15) is 0 Å². The fourth-order valence-corrected chi connectivity index (χ4v) is 2.50. The molecule has 0 fully saturated rings. The molecule has 4 heteroatoms. The van der Waals surface area contributed by atoms with Gasteiger partial charge in [0.1, 0.15) is 12.4 Å². The molecule has 3 nitrogen and oxygen atoms in total. The minimum Gasteiger partial charge on any atom is -0.342 e. The number of benzene rings is 2. The van der Waals surface area contributed by atoms with E-state index in [1.807, 2.05) is 48.5 Å². The molecule has 1 aliphatic rings. The Morgan fingerprint density at radius 1 is 1.23 bits per heavy atom. The first-order chi connectivity index (χ1) is 10.8. The fraction of sp³-hybridized carbons (Fsp3) is 0.111. The van der Waals surface area contributed by atoms with E-state index in [2.05, 4.69) is 16.2 Å². The van der Waals surface area contributed by atoms with Crippen molar-refractivity contribution >= 4 is 28.8 Å². The monoisotopic (exact) mass is 307 g/mol. The Labute approximate surface area is 134 Å². The Morgan fingerprint density at radius 2 is 2.05 bits per heavy atom. The van der Waals surface area contributed by atoms with Gasteiger partial charge in [-0.25, -0.2) is 0 Å². The lowest BCUT2D eigenvalue weighted by Crippen LogP contribution is -2.15. The van der Waals surface area contributed by atoms with Crippen molar-refractivity contribution in [3.05, 3.63) is 64.7 Å². The van der Waals surface area contributed by atoms with Gasteiger partial charge in [-0.1, -0.05) is 47.9 Å². The van der Waals surface area contributed by atoms with Gasteiger partial charge in [0.05, 0.1) is 12.3 Å². The van der Waals surface area contributed by atoms with E-state index in [1.54, 1.807) is 0 Å². The van der Waals surface area contributed by atoms with Crippen molar-refractivity contribution in [3.8, 4) is 12.3 Å². The lowest BCUT2D eigenvalue weighted by molar-refractivity contribution is 1.21. The first kappa shape index (κ1) is 14.4. The maximum atomic E-state index is 6.16. The zero-order valence-corrected chi connectivity index (χ0v) is 12.6. The highest BCUT2D eigenvalue weighted by Crippen LogP contribution is 2.26. The van der Waals surface area contributed by atoms with E-state index >= 15 is 0 Å². The second-order valence-corrected chi connectivity index (χ2v) is 5.25. The van der Waals surface area contributed by atoms with E-state index in [-0.39, 0.29) is 0 Å². The summed E-state index contributed by atoms with van der Waals surface area (Å²) in [4.78, 5) is 9.05. The summed E-state index contributed by atoms with van der Waals surface area (Å²) < 4.78 is 0. The van der Waals surface area contributed by atoms with Gasteiger partial charge in [-0.3, -0.25) is 9.98 Å². The Morgan fingerprint density at radius 3 is 2.82 bits per heavy atom. The average molecular weight is 308 g/mol. The molecule has 0 saturated carbocycles. The van der Waals surface area contributed by atoms with Gasteiger partial charge in [-0.05, 0) is 18.2 Å². The maximum absolute atomic E-state index is 6.16. The van der Waals surface area contributed by atoms with Crippen LogP contribution in [-0.2, 0) is 0 Å². The molecule has 2 aromatic rings. The molecule has 0 atom stereocenters. The van der Waals surface area contributed by atoms with Crippen molar-refractivity contribution in [1.82, 2.24) is 0 Å². The van der Waals surface area contributed by atoms with Gasteiger partial charge in [0.25, 0.3) is 0 Å². The summed E-state index contributed by atoms with van der Waals surface area (Å²) in [5.41, 5.74) is 3.84. The number of benzodiazepines with no additional fused rings is 1. The van der Waals surface area contributed by atoms with Gasteiger partial charge in [0.2, 0.25) is 0 Å². The molecule has 0 radical (unpaired) electrons. The van der Waals surface area contributed by atoms with Gasteiger partial charge in [0, 0.05) is 21.8 Å². The quantitative estimate of drug-likeness (QED) is 0.845. The van der Waals surface area contributed by atoms with Crippen molar-refractivity contribution in [2.24, 2.45) is 9.98 Å². The zero-order chi connectivity index (χ0) is 15.4. The van der Waals surface area contributed by atoms with Crippen LogP contribution in [0.1, 0.15) is 11.1 Å². The van der Waals surface area contributed by atoms with E-state index in [4.69, 9.17) is 23.0 Å². The Bertz CT molecular complexity index is 786. The molecular formula is C18H14ClN3. The van der Waals surface area contributed by atoms with Crippen molar-refractivity contribution in [2.45, 2.75) is 0 Å². The smallest absolute Gasteiger partial charge is 0.124 e. The van der Waals surface area contributed by atoms with E-state index in [0.29, 0.717) is 18.1 Å². The highest BCUT2D eigenvalue weighted by Gasteiger charge is 2.17. The van der Waals surface area contributed by atoms with E-state index in [0.717, 1.165) is 28.4 Å². The molecule has 3 rings (SSSR count). The lowest BCUT2D eigenvalue weighted by atomic mass is 10.0. The molecule has 1 N–H and O–H groups in total. The molecule has 0 spiro atoms. The zero-order valence-electron chi connectivity index (χ0n) is 11.9. The van der Waals surface area contributed by atoms with E-state index < -0.39 is 0 Å².